The van der Waals surface area contributed by atoms with Gasteiger partial charge in [0.25, 0.3) is 5.60 Å². The first kappa shape index (κ1) is 24.4. The van der Waals surface area contributed by atoms with Crippen molar-refractivity contribution in [3.8, 4) is 0 Å². The molecule has 0 aromatic rings. The maximum absolute atomic E-state index is 13.0. The molecule has 0 spiro atoms. The van der Waals surface area contributed by atoms with Gasteiger partial charge in [0.05, 0.1) is 0 Å². The number of carbonyl (C=O) groups excluding carboxylic acids is 1. The van der Waals surface area contributed by atoms with Crippen molar-refractivity contribution in [1.29, 1.82) is 0 Å². The molecule has 0 bridgehead atoms. The topological polar surface area (TPSA) is 26.3 Å². The molecule has 0 atom stereocenters. The molecule has 156 valence electrons. The van der Waals surface area contributed by atoms with Gasteiger partial charge in [-0.25, -0.2) is 4.79 Å². The number of alkyl halides is 15. The number of hydrogen-bond acceptors (Lipinski definition) is 2. The van der Waals surface area contributed by atoms with Crippen molar-refractivity contribution >= 4 is 5.97 Å². The molecule has 2 nitrogen and oxygen atoms in total. The van der Waals surface area contributed by atoms with Gasteiger partial charge >= 0.3 is 42.3 Å². The van der Waals surface area contributed by atoms with E-state index in [0.717, 1.165) is 0 Å². The van der Waals surface area contributed by atoms with E-state index < -0.39 is 54.8 Å². The molecule has 0 rings (SSSR count). The molecule has 0 aromatic heterocycles. The zero-order valence-corrected chi connectivity index (χ0v) is 11.5. The monoisotopic (exact) mass is 428 g/mol. The minimum absolute atomic E-state index is 1.15. The number of ether oxygens (including phenoxy) is 1. The van der Waals surface area contributed by atoms with Crippen LogP contribution in [0.5, 0.6) is 0 Å². The third-order valence-electron chi connectivity index (χ3n) is 2.78. The lowest BCUT2D eigenvalue weighted by Crippen LogP contribution is -2.66. The largest absolute Gasteiger partial charge is 0.460 e. The van der Waals surface area contributed by atoms with E-state index in [-0.39, 0.29) is 0 Å². The summed E-state index contributed by atoms with van der Waals surface area (Å²) in [4.78, 5) is 10.6. The van der Waals surface area contributed by atoms with Crippen LogP contribution in [0.15, 0.2) is 0 Å². The maximum Gasteiger partial charge on any atom is 0.460 e. The van der Waals surface area contributed by atoms with Gasteiger partial charge in [-0.1, -0.05) is 0 Å². The Hall–Kier alpha value is -1.58. The highest BCUT2D eigenvalue weighted by Crippen LogP contribution is 2.54. The lowest BCUT2D eigenvalue weighted by molar-refractivity contribution is -0.400. The van der Waals surface area contributed by atoms with Crippen molar-refractivity contribution in [2.24, 2.45) is 0 Å². The molecule has 0 heterocycles. The summed E-state index contributed by atoms with van der Waals surface area (Å²) < 4.78 is 188. The van der Waals surface area contributed by atoms with E-state index in [4.69, 9.17) is 0 Å². The lowest BCUT2D eigenvalue weighted by atomic mass is 10.0. The summed E-state index contributed by atoms with van der Waals surface area (Å²) in [6.45, 7) is -1.15. The number of esters is 1. The Balaban J connectivity index is 6.15. The Bertz CT molecular complexity index is 523. The summed E-state index contributed by atoms with van der Waals surface area (Å²) in [6.07, 6.45) is -21.0. The van der Waals surface area contributed by atoms with E-state index in [2.05, 4.69) is 4.74 Å². The molecule has 0 aromatic carbocycles. The van der Waals surface area contributed by atoms with E-state index >= 15 is 0 Å². The Kier molecular flexibility index (Phi) is 5.60. The zero-order valence-electron chi connectivity index (χ0n) is 11.5. The third-order valence-corrected chi connectivity index (χ3v) is 2.78. The van der Waals surface area contributed by atoms with Gasteiger partial charge in [0, 0.05) is 0 Å². The Morgan fingerprint density at radius 1 is 0.577 bits per heavy atom. The number of halogens is 15. The SMILES string of the molecule is CC(OC(=O)C(F)(F)C(F)(F)C(F)(F)C(F)(F)F)(C(F)(F)F)C(F)(F)F. The first-order valence-corrected chi connectivity index (χ1v) is 5.45. The van der Waals surface area contributed by atoms with E-state index in [9.17, 15) is 70.7 Å². The summed E-state index contributed by atoms with van der Waals surface area (Å²) in [5.41, 5.74) is -5.91. The fourth-order valence-corrected chi connectivity index (χ4v) is 1.03. The number of carbonyl (C=O) groups is 1. The van der Waals surface area contributed by atoms with Crippen molar-refractivity contribution in [3.05, 3.63) is 0 Å². The van der Waals surface area contributed by atoms with E-state index in [1.165, 1.54) is 0 Å². The average Bonchev–Trinajstić information content (AvgIpc) is 2.33. The first-order chi connectivity index (χ1) is 10.9. The Morgan fingerprint density at radius 2 is 0.885 bits per heavy atom. The molecule has 0 N–H and O–H groups in total. The van der Waals surface area contributed by atoms with Crippen molar-refractivity contribution in [1.82, 2.24) is 0 Å². The molecule has 0 unspecified atom stereocenters. The van der Waals surface area contributed by atoms with Gasteiger partial charge in [0.2, 0.25) is 0 Å². The zero-order chi connectivity index (χ0) is 21.8. The van der Waals surface area contributed by atoms with Gasteiger partial charge < -0.3 is 4.74 Å². The normalized spacial score (nSPS) is 15.8. The molecule has 0 saturated heterocycles. The van der Waals surface area contributed by atoms with Crippen molar-refractivity contribution in [3.63, 3.8) is 0 Å². The highest BCUT2D eigenvalue weighted by atomic mass is 19.4. The third kappa shape index (κ3) is 3.47. The quantitative estimate of drug-likeness (QED) is 0.472. The molecule has 0 saturated carbocycles. The predicted octanol–water partition coefficient (Wildman–Crippen LogP) is 4.88. The van der Waals surface area contributed by atoms with Gasteiger partial charge in [0.1, 0.15) is 0 Å². The standard InChI is InChI=1S/C9H3F15O2/c1-3(7(16,17)18,8(19,20)21)26-2(25)4(10,11)5(12,13)6(14,15)9(22,23)24/h1H3. The molecule has 0 fully saturated rings. The van der Waals surface area contributed by atoms with Crippen molar-refractivity contribution in [2.45, 2.75) is 48.8 Å². The second kappa shape index (κ2) is 5.97. The summed E-state index contributed by atoms with van der Waals surface area (Å²) in [5, 5.41) is 0. The molecule has 0 aliphatic rings. The minimum atomic E-state index is -7.78. The number of rotatable bonds is 4. The minimum Gasteiger partial charge on any atom is -0.435 e. The second-order valence-electron chi connectivity index (χ2n) is 4.64. The van der Waals surface area contributed by atoms with Crippen LogP contribution in [-0.2, 0) is 9.53 Å². The van der Waals surface area contributed by atoms with Crippen LogP contribution >= 0.6 is 0 Å². The molecule has 17 heteroatoms. The summed E-state index contributed by atoms with van der Waals surface area (Å²) in [6, 6.07) is 0. The fraction of sp³-hybridized carbons (Fsp3) is 0.889. The first-order valence-electron chi connectivity index (χ1n) is 5.45. The highest BCUT2D eigenvalue weighted by Gasteiger charge is 2.85. The number of hydrogen-bond donors (Lipinski definition) is 0. The molecule has 0 amide bonds. The fourth-order valence-electron chi connectivity index (χ4n) is 1.03. The molecule has 26 heavy (non-hydrogen) atoms. The van der Waals surface area contributed by atoms with Crippen molar-refractivity contribution < 1.29 is 75.4 Å². The van der Waals surface area contributed by atoms with Crippen LogP contribution in [0.25, 0.3) is 0 Å². The smallest absolute Gasteiger partial charge is 0.435 e. The van der Waals surface area contributed by atoms with Gasteiger partial charge in [-0.05, 0) is 6.92 Å². The van der Waals surface area contributed by atoms with E-state index in [1.807, 2.05) is 0 Å². The maximum atomic E-state index is 13.0. The molecular formula is C9H3F15O2. The van der Waals surface area contributed by atoms with Crippen LogP contribution in [0.2, 0.25) is 0 Å². The lowest BCUT2D eigenvalue weighted by Gasteiger charge is -2.36. The Labute approximate surface area is 131 Å². The van der Waals surface area contributed by atoms with Crippen LogP contribution in [0.1, 0.15) is 6.92 Å². The summed E-state index contributed by atoms with van der Waals surface area (Å²) in [7, 11) is 0. The predicted molar refractivity (Wildman–Crippen MR) is 47.5 cm³/mol. The molecule has 0 radical (unpaired) electrons. The van der Waals surface area contributed by atoms with Crippen LogP contribution in [0.4, 0.5) is 65.9 Å². The van der Waals surface area contributed by atoms with Crippen LogP contribution in [0, 0.1) is 0 Å². The van der Waals surface area contributed by atoms with E-state index in [1.54, 1.807) is 0 Å². The summed E-state index contributed by atoms with van der Waals surface area (Å²) >= 11 is 0. The van der Waals surface area contributed by atoms with Crippen LogP contribution < -0.4 is 0 Å². The molecule has 0 aliphatic heterocycles. The van der Waals surface area contributed by atoms with Gasteiger partial charge in [-0.15, -0.1) is 0 Å². The molecule has 0 aliphatic carbocycles. The van der Waals surface area contributed by atoms with E-state index in [0.29, 0.717) is 0 Å². The second-order valence-corrected chi connectivity index (χ2v) is 4.64. The van der Waals surface area contributed by atoms with Gasteiger partial charge in [-0.3, -0.25) is 0 Å². The van der Waals surface area contributed by atoms with Crippen LogP contribution in [0.3, 0.4) is 0 Å². The average molecular weight is 428 g/mol. The Morgan fingerprint density at radius 3 is 1.12 bits per heavy atom. The summed E-state index contributed by atoms with van der Waals surface area (Å²) in [5.74, 6) is -27.5. The van der Waals surface area contributed by atoms with Gasteiger partial charge in [0.15, 0.2) is 0 Å². The van der Waals surface area contributed by atoms with Gasteiger partial charge in [-0.2, -0.15) is 65.9 Å². The van der Waals surface area contributed by atoms with Crippen molar-refractivity contribution in [2.75, 3.05) is 0 Å². The molecular weight excluding hydrogens is 425 g/mol. The highest BCUT2D eigenvalue weighted by molar-refractivity contribution is 5.80. The van der Waals surface area contributed by atoms with Crippen LogP contribution in [-0.4, -0.2) is 47.9 Å².